The van der Waals surface area contributed by atoms with Gasteiger partial charge in [0.15, 0.2) is 28.8 Å². The molecule has 5 nitrogen and oxygen atoms in total. The molecule has 4 aliphatic carbocycles. The Bertz CT molecular complexity index is 2180. The molecule has 4 bridgehead atoms. The first-order valence-corrected chi connectivity index (χ1v) is 17.6. The SMILES string of the molecule is [C-]#[N+]c1ccc(-c2nc(-c3ccc([N+]#[C-])cc3)nc(-c3cc(-c4ccccc4)cc(-c4ccc(C56CC7CC(CC(C7)C5)C6)cc4)c3)n2)cc1. The predicted molar refractivity (Wildman–Crippen MR) is 199 cm³/mol. The second-order valence-electron chi connectivity index (χ2n) is 14.6. The molecule has 1 heterocycles. The zero-order valence-electron chi connectivity index (χ0n) is 27.8. The van der Waals surface area contributed by atoms with Crippen LogP contribution in [0.25, 0.3) is 66.1 Å². The Labute approximate surface area is 293 Å². The fourth-order valence-corrected chi connectivity index (χ4v) is 9.33. The lowest BCUT2D eigenvalue weighted by molar-refractivity contribution is -0.00518. The summed E-state index contributed by atoms with van der Waals surface area (Å²) in [4.78, 5) is 22.0. The molecule has 0 unspecified atom stereocenters. The van der Waals surface area contributed by atoms with Gasteiger partial charge in [0, 0.05) is 16.7 Å². The highest BCUT2D eigenvalue weighted by Crippen LogP contribution is 2.60. The second kappa shape index (κ2) is 12.2. The first kappa shape index (κ1) is 30.2. The van der Waals surface area contributed by atoms with E-state index in [4.69, 9.17) is 28.1 Å². The normalized spacial score (nSPS) is 21.8. The standard InChI is InChI=1S/C45H35N5/c1-46-40-16-10-34(11-17-40)42-48-43(35-12-18-41(47-2)19-13-35)50-44(49-42)38-24-36(32-6-4-3-5-7-32)23-37(25-38)33-8-14-39(15-9-33)45-26-29-20-30(27-45)22-31(21-29)28-45/h3-19,23-25,29-31H,20-22,26-28H2. The summed E-state index contributed by atoms with van der Waals surface area (Å²) in [5.74, 6) is 4.37. The van der Waals surface area contributed by atoms with Crippen LogP contribution in [0.15, 0.2) is 121 Å². The van der Waals surface area contributed by atoms with Gasteiger partial charge in [0.25, 0.3) is 0 Å². The molecule has 5 aromatic carbocycles. The molecule has 1 aromatic heterocycles. The van der Waals surface area contributed by atoms with Gasteiger partial charge in [0.1, 0.15) is 0 Å². The molecule has 6 aromatic rings. The van der Waals surface area contributed by atoms with E-state index in [0.717, 1.165) is 51.1 Å². The Morgan fingerprint density at radius 1 is 0.440 bits per heavy atom. The van der Waals surface area contributed by atoms with Gasteiger partial charge in [-0.2, -0.15) is 0 Å². The van der Waals surface area contributed by atoms with Gasteiger partial charge in [-0.05, 0) is 108 Å². The van der Waals surface area contributed by atoms with E-state index < -0.39 is 0 Å². The molecule has 0 spiro atoms. The first-order chi connectivity index (χ1) is 24.5. The zero-order chi connectivity index (χ0) is 33.7. The summed E-state index contributed by atoms with van der Waals surface area (Å²) in [6.45, 7) is 14.8. The smallest absolute Gasteiger partial charge is 0.187 e. The van der Waals surface area contributed by atoms with Crippen molar-refractivity contribution in [1.29, 1.82) is 0 Å². The zero-order valence-corrected chi connectivity index (χ0v) is 27.8. The molecule has 0 atom stereocenters. The third kappa shape index (κ3) is 5.56. The molecular weight excluding hydrogens is 611 g/mol. The van der Waals surface area contributed by atoms with E-state index in [9.17, 15) is 0 Å². The van der Waals surface area contributed by atoms with Crippen molar-refractivity contribution in [2.24, 2.45) is 17.8 Å². The highest BCUT2D eigenvalue weighted by Gasteiger charge is 2.51. The van der Waals surface area contributed by atoms with Gasteiger partial charge in [-0.25, -0.2) is 24.6 Å². The predicted octanol–water partition coefficient (Wildman–Crippen LogP) is 11.8. The fraction of sp³-hybridized carbons (Fsp3) is 0.222. The van der Waals surface area contributed by atoms with E-state index in [1.54, 1.807) is 24.3 Å². The van der Waals surface area contributed by atoms with Crippen LogP contribution in [0.2, 0.25) is 0 Å². The fourth-order valence-electron chi connectivity index (χ4n) is 9.33. The molecule has 4 saturated carbocycles. The molecule has 0 N–H and O–H groups in total. The van der Waals surface area contributed by atoms with E-state index in [0.29, 0.717) is 34.3 Å². The van der Waals surface area contributed by atoms with Gasteiger partial charge in [-0.1, -0.05) is 103 Å². The van der Waals surface area contributed by atoms with Crippen molar-refractivity contribution < 1.29 is 0 Å². The maximum absolute atomic E-state index is 7.39. The highest BCUT2D eigenvalue weighted by molar-refractivity contribution is 5.80. The molecular formula is C45H35N5. The van der Waals surface area contributed by atoms with Crippen LogP contribution in [0.3, 0.4) is 0 Å². The van der Waals surface area contributed by atoms with Crippen molar-refractivity contribution in [3.63, 3.8) is 0 Å². The van der Waals surface area contributed by atoms with E-state index in [1.165, 1.54) is 49.7 Å². The Morgan fingerprint density at radius 2 is 0.840 bits per heavy atom. The summed E-state index contributed by atoms with van der Waals surface area (Å²) in [7, 11) is 0. The number of rotatable bonds is 6. The molecule has 50 heavy (non-hydrogen) atoms. The Morgan fingerprint density at radius 3 is 1.30 bits per heavy atom. The molecule has 0 saturated heterocycles. The van der Waals surface area contributed by atoms with Crippen LogP contribution >= 0.6 is 0 Å². The Hall–Kier alpha value is -5.91. The second-order valence-corrected chi connectivity index (χ2v) is 14.6. The molecule has 5 heteroatoms. The third-order valence-corrected chi connectivity index (χ3v) is 11.3. The van der Waals surface area contributed by atoms with Gasteiger partial charge >= 0.3 is 0 Å². The van der Waals surface area contributed by atoms with Crippen molar-refractivity contribution in [2.75, 3.05) is 0 Å². The van der Waals surface area contributed by atoms with Crippen molar-refractivity contribution >= 4 is 11.4 Å². The monoisotopic (exact) mass is 645 g/mol. The minimum atomic E-state index is 0.363. The summed E-state index contributed by atoms with van der Waals surface area (Å²) in [6.07, 6.45) is 8.42. The van der Waals surface area contributed by atoms with E-state index in [-0.39, 0.29) is 0 Å². The van der Waals surface area contributed by atoms with Crippen molar-refractivity contribution in [3.8, 4) is 56.4 Å². The topological polar surface area (TPSA) is 47.4 Å². The van der Waals surface area contributed by atoms with E-state index in [1.807, 2.05) is 30.3 Å². The van der Waals surface area contributed by atoms with Gasteiger partial charge in [-0.15, -0.1) is 0 Å². The van der Waals surface area contributed by atoms with Crippen molar-refractivity contribution in [3.05, 3.63) is 150 Å². The largest absolute Gasteiger partial charge is 0.238 e. The van der Waals surface area contributed by atoms with Crippen LogP contribution in [0.1, 0.15) is 44.1 Å². The van der Waals surface area contributed by atoms with Crippen LogP contribution in [-0.2, 0) is 5.41 Å². The van der Waals surface area contributed by atoms with Gasteiger partial charge in [-0.3, -0.25) is 0 Å². The average molecular weight is 646 g/mol. The molecule has 0 radical (unpaired) electrons. The first-order valence-electron chi connectivity index (χ1n) is 17.6. The molecule has 10 rings (SSSR count). The average Bonchev–Trinajstić information content (AvgIpc) is 3.17. The van der Waals surface area contributed by atoms with Crippen molar-refractivity contribution in [2.45, 2.75) is 43.9 Å². The Kier molecular flexibility index (Phi) is 7.36. The lowest BCUT2D eigenvalue weighted by atomic mass is 9.48. The number of hydrogen-bond donors (Lipinski definition) is 0. The minimum absolute atomic E-state index is 0.363. The Balaban J connectivity index is 1.16. The maximum atomic E-state index is 7.39. The highest BCUT2D eigenvalue weighted by atomic mass is 15.0. The molecule has 240 valence electrons. The molecule has 0 aliphatic heterocycles. The quantitative estimate of drug-likeness (QED) is 0.169. The van der Waals surface area contributed by atoms with Crippen LogP contribution in [-0.4, -0.2) is 15.0 Å². The molecule has 0 amide bonds. The number of aromatic nitrogens is 3. The summed E-state index contributed by atoms with van der Waals surface area (Å²) < 4.78 is 0. The number of nitrogens with zero attached hydrogens (tertiary/aromatic N) is 5. The van der Waals surface area contributed by atoms with Gasteiger partial charge < -0.3 is 0 Å². The minimum Gasteiger partial charge on any atom is -0.238 e. The van der Waals surface area contributed by atoms with Gasteiger partial charge in [0.2, 0.25) is 0 Å². The lowest BCUT2D eigenvalue weighted by Crippen LogP contribution is -2.48. The number of hydrogen-bond acceptors (Lipinski definition) is 3. The van der Waals surface area contributed by atoms with E-state index >= 15 is 0 Å². The third-order valence-electron chi connectivity index (χ3n) is 11.3. The maximum Gasteiger partial charge on any atom is 0.187 e. The van der Waals surface area contributed by atoms with Crippen LogP contribution in [0, 0.1) is 30.9 Å². The van der Waals surface area contributed by atoms with Crippen LogP contribution < -0.4 is 0 Å². The molecule has 4 fully saturated rings. The van der Waals surface area contributed by atoms with E-state index in [2.05, 4.69) is 76.4 Å². The summed E-state index contributed by atoms with van der Waals surface area (Å²) in [6, 6.07) is 41.3. The van der Waals surface area contributed by atoms with Crippen molar-refractivity contribution in [1.82, 2.24) is 15.0 Å². The van der Waals surface area contributed by atoms with Gasteiger partial charge in [0.05, 0.1) is 13.1 Å². The lowest BCUT2D eigenvalue weighted by Gasteiger charge is -2.57. The van der Waals surface area contributed by atoms with Crippen LogP contribution in [0.5, 0.6) is 0 Å². The summed E-state index contributed by atoms with van der Waals surface area (Å²) >= 11 is 0. The molecule has 4 aliphatic rings. The summed E-state index contributed by atoms with van der Waals surface area (Å²) in [5.41, 5.74) is 10.0. The van der Waals surface area contributed by atoms with Crippen LogP contribution in [0.4, 0.5) is 11.4 Å². The number of benzene rings is 5. The summed E-state index contributed by atoms with van der Waals surface area (Å²) in [5, 5.41) is 0.